The molecule has 0 amide bonds. The Balaban J connectivity index is 2.33. The molecular formula is C14H22NO. The van der Waals surface area contributed by atoms with Gasteiger partial charge < -0.3 is 4.74 Å². The first-order valence-corrected chi connectivity index (χ1v) is 6.12. The van der Waals surface area contributed by atoms with Crippen molar-refractivity contribution in [3.05, 3.63) is 29.8 Å². The van der Waals surface area contributed by atoms with E-state index in [4.69, 9.17) is 10.5 Å². The van der Waals surface area contributed by atoms with Crippen LogP contribution in [0.15, 0.2) is 24.3 Å². The lowest BCUT2D eigenvalue weighted by molar-refractivity contribution is 0.242. The number of aryl methyl sites for hydroxylation is 1. The molecule has 0 saturated heterocycles. The third-order valence-electron chi connectivity index (χ3n) is 2.44. The molecule has 0 fully saturated rings. The molecular weight excluding hydrogens is 198 g/mol. The van der Waals surface area contributed by atoms with Gasteiger partial charge in [-0.05, 0) is 50.8 Å². The molecule has 0 spiro atoms. The van der Waals surface area contributed by atoms with E-state index in [2.05, 4.69) is 12.1 Å². The van der Waals surface area contributed by atoms with Crippen molar-refractivity contribution in [2.45, 2.75) is 45.6 Å². The second-order valence-electron chi connectivity index (χ2n) is 4.37. The van der Waals surface area contributed by atoms with Crippen LogP contribution < -0.4 is 10.5 Å². The van der Waals surface area contributed by atoms with Crippen LogP contribution in [-0.4, -0.2) is 12.6 Å². The van der Waals surface area contributed by atoms with Crippen LogP contribution in [0, 0.1) is 0 Å². The summed E-state index contributed by atoms with van der Waals surface area (Å²) < 4.78 is 5.59. The largest absolute Gasteiger partial charge is 0.491 e. The SMILES string of the molecule is CC(C)Oc1ccc(CCCCC[NH])cc1. The maximum absolute atomic E-state index is 7.06. The van der Waals surface area contributed by atoms with Gasteiger partial charge in [-0.25, -0.2) is 0 Å². The van der Waals surface area contributed by atoms with Crippen molar-refractivity contribution < 1.29 is 4.74 Å². The van der Waals surface area contributed by atoms with E-state index in [-0.39, 0.29) is 6.10 Å². The Labute approximate surface area is 98.8 Å². The van der Waals surface area contributed by atoms with Crippen LogP contribution in [0.4, 0.5) is 0 Å². The minimum absolute atomic E-state index is 0.239. The highest BCUT2D eigenvalue weighted by molar-refractivity contribution is 5.27. The molecule has 0 aliphatic heterocycles. The van der Waals surface area contributed by atoms with Gasteiger partial charge in [0.25, 0.3) is 0 Å². The van der Waals surface area contributed by atoms with E-state index in [0.717, 1.165) is 25.0 Å². The number of hydrogen-bond acceptors (Lipinski definition) is 1. The molecule has 0 aromatic heterocycles. The van der Waals surface area contributed by atoms with Crippen molar-refractivity contribution in [1.29, 1.82) is 0 Å². The summed E-state index contributed by atoms with van der Waals surface area (Å²) in [7, 11) is 0. The molecule has 89 valence electrons. The normalized spacial score (nSPS) is 10.8. The first-order valence-electron chi connectivity index (χ1n) is 6.12. The molecule has 1 rings (SSSR count). The van der Waals surface area contributed by atoms with Crippen molar-refractivity contribution in [2.24, 2.45) is 0 Å². The van der Waals surface area contributed by atoms with Crippen LogP contribution in [0.1, 0.15) is 38.7 Å². The fraction of sp³-hybridized carbons (Fsp3) is 0.571. The Morgan fingerprint density at radius 1 is 1.06 bits per heavy atom. The second kappa shape index (κ2) is 7.29. The van der Waals surface area contributed by atoms with Crippen LogP contribution >= 0.6 is 0 Å². The van der Waals surface area contributed by atoms with Crippen LogP contribution in [0.2, 0.25) is 0 Å². The topological polar surface area (TPSA) is 33.0 Å². The Hall–Kier alpha value is -1.02. The zero-order valence-corrected chi connectivity index (χ0v) is 10.3. The summed E-state index contributed by atoms with van der Waals surface area (Å²) in [5.41, 5.74) is 8.42. The van der Waals surface area contributed by atoms with E-state index >= 15 is 0 Å². The lowest BCUT2D eigenvalue weighted by Gasteiger charge is -2.10. The zero-order chi connectivity index (χ0) is 11.8. The Morgan fingerprint density at radius 3 is 2.31 bits per heavy atom. The van der Waals surface area contributed by atoms with Crippen LogP contribution in [-0.2, 0) is 6.42 Å². The van der Waals surface area contributed by atoms with Gasteiger partial charge in [-0.15, -0.1) is 0 Å². The quantitative estimate of drug-likeness (QED) is 0.648. The number of unbranched alkanes of at least 4 members (excludes halogenated alkanes) is 2. The van der Waals surface area contributed by atoms with Gasteiger partial charge in [-0.3, -0.25) is 5.73 Å². The smallest absolute Gasteiger partial charge is 0.119 e. The summed E-state index contributed by atoms with van der Waals surface area (Å²) in [4.78, 5) is 0. The first-order chi connectivity index (χ1) is 7.72. The first kappa shape index (κ1) is 13.0. The van der Waals surface area contributed by atoms with E-state index in [1.807, 2.05) is 26.0 Å². The summed E-state index contributed by atoms with van der Waals surface area (Å²) in [5, 5.41) is 0. The number of nitrogens with one attached hydrogen (secondary N) is 1. The lowest BCUT2D eigenvalue weighted by Crippen LogP contribution is -2.05. The Kier molecular flexibility index (Phi) is 5.94. The van der Waals surface area contributed by atoms with Crippen molar-refractivity contribution in [3.63, 3.8) is 0 Å². The third-order valence-corrected chi connectivity index (χ3v) is 2.44. The van der Waals surface area contributed by atoms with Crippen molar-refractivity contribution >= 4 is 0 Å². The molecule has 0 heterocycles. The van der Waals surface area contributed by atoms with Gasteiger partial charge in [0.1, 0.15) is 5.75 Å². The molecule has 0 saturated carbocycles. The number of benzene rings is 1. The minimum Gasteiger partial charge on any atom is -0.491 e. The zero-order valence-electron chi connectivity index (χ0n) is 10.3. The average molecular weight is 220 g/mol. The summed E-state index contributed by atoms with van der Waals surface area (Å²) in [5.74, 6) is 0.949. The fourth-order valence-corrected chi connectivity index (χ4v) is 1.64. The molecule has 1 aromatic rings. The highest BCUT2D eigenvalue weighted by atomic mass is 16.5. The molecule has 1 aromatic carbocycles. The van der Waals surface area contributed by atoms with Gasteiger partial charge in [0.2, 0.25) is 0 Å². The number of ether oxygens (including phenoxy) is 1. The average Bonchev–Trinajstić information content (AvgIpc) is 2.26. The van der Waals surface area contributed by atoms with E-state index < -0.39 is 0 Å². The van der Waals surface area contributed by atoms with Crippen molar-refractivity contribution in [1.82, 2.24) is 5.73 Å². The van der Waals surface area contributed by atoms with E-state index in [1.165, 1.54) is 12.0 Å². The van der Waals surface area contributed by atoms with E-state index in [1.54, 1.807) is 0 Å². The van der Waals surface area contributed by atoms with E-state index in [0.29, 0.717) is 6.54 Å². The Morgan fingerprint density at radius 2 is 1.75 bits per heavy atom. The van der Waals surface area contributed by atoms with Gasteiger partial charge >= 0.3 is 0 Å². The maximum Gasteiger partial charge on any atom is 0.119 e. The lowest BCUT2D eigenvalue weighted by atomic mass is 10.1. The molecule has 0 aliphatic carbocycles. The molecule has 2 heteroatoms. The highest BCUT2D eigenvalue weighted by Gasteiger charge is 1.98. The van der Waals surface area contributed by atoms with Gasteiger partial charge in [-0.1, -0.05) is 18.6 Å². The minimum atomic E-state index is 0.239. The highest BCUT2D eigenvalue weighted by Crippen LogP contribution is 2.15. The van der Waals surface area contributed by atoms with Crippen LogP contribution in [0.5, 0.6) is 5.75 Å². The van der Waals surface area contributed by atoms with Crippen LogP contribution in [0.3, 0.4) is 0 Å². The van der Waals surface area contributed by atoms with Gasteiger partial charge in [0, 0.05) is 6.54 Å². The number of rotatable bonds is 7. The molecule has 1 N–H and O–H groups in total. The summed E-state index contributed by atoms with van der Waals surface area (Å²) >= 11 is 0. The molecule has 0 unspecified atom stereocenters. The maximum atomic E-state index is 7.06. The molecule has 1 radical (unpaired) electrons. The van der Waals surface area contributed by atoms with Crippen LogP contribution in [0.25, 0.3) is 0 Å². The fourth-order valence-electron chi connectivity index (χ4n) is 1.64. The van der Waals surface area contributed by atoms with E-state index in [9.17, 15) is 0 Å². The van der Waals surface area contributed by atoms with Gasteiger partial charge in [-0.2, -0.15) is 0 Å². The summed E-state index contributed by atoms with van der Waals surface area (Å²) in [6, 6.07) is 8.36. The van der Waals surface area contributed by atoms with Gasteiger partial charge in [0.05, 0.1) is 6.10 Å². The van der Waals surface area contributed by atoms with Gasteiger partial charge in [0.15, 0.2) is 0 Å². The third kappa shape index (κ3) is 5.17. The van der Waals surface area contributed by atoms with Crippen molar-refractivity contribution in [2.75, 3.05) is 6.54 Å². The predicted molar refractivity (Wildman–Crippen MR) is 67.7 cm³/mol. The Bertz CT molecular complexity index is 279. The number of hydrogen-bond donors (Lipinski definition) is 0. The molecule has 16 heavy (non-hydrogen) atoms. The molecule has 0 atom stereocenters. The summed E-state index contributed by atoms with van der Waals surface area (Å²) in [6.07, 6.45) is 4.72. The van der Waals surface area contributed by atoms with Crippen molar-refractivity contribution in [3.8, 4) is 5.75 Å². The second-order valence-corrected chi connectivity index (χ2v) is 4.37. The molecule has 0 bridgehead atoms. The predicted octanol–water partition coefficient (Wildman–Crippen LogP) is 3.47. The monoisotopic (exact) mass is 220 g/mol. The summed E-state index contributed by atoms with van der Waals surface area (Å²) in [6.45, 7) is 4.63. The standard InChI is InChI=1S/C14H22NO/c1-12(2)16-14-9-7-13(8-10-14)6-4-3-5-11-15/h7-10,12,15H,3-6,11H2,1-2H3. The molecule has 0 aliphatic rings. The molecule has 2 nitrogen and oxygen atoms in total.